The molecule has 1 fully saturated rings. The monoisotopic (exact) mass is 521 g/mol. The molecule has 1 saturated heterocycles. The van der Waals surface area contributed by atoms with Crippen LogP contribution in [0.5, 0.6) is 0 Å². The molecule has 0 bridgehead atoms. The van der Waals surface area contributed by atoms with Gasteiger partial charge in [-0.1, -0.05) is 60.7 Å². The van der Waals surface area contributed by atoms with E-state index in [0.717, 1.165) is 28.5 Å². The Morgan fingerprint density at radius 1 is 0.895 bits per heavy atom. The van der Waals surface area contributed by atoms with E-state index in [-0.39, 0.29) is 18.6 Å². The van der Waals surface area contributed by atoms with Gasteiger partial charge in [0.15, 0.2) is 0 Å². The molecule has 0 aliphatic carbocycles. The fourth-order valence-corrected chi connectivity index (χ4v) is 4.49. The molecule has 38 heavy (non-hydrogen) atoms. The third kappa shape index (κ3) is 7.69. The van der Waals surface area contributed by atoms with E-state index in [1.165, 1.54) is 12.5 Å². The van der Waals surface area contributed by atoms with Crippen LogP contribution in [0.25, 0.3) is 10.8 Å². The Labute approximate surface area is 223 Å². The maximum absolute atomic E-state index is 12.3. The third-order valence-electron chi connectivity index (χ3n) is 6.32. The summed E-state index contributed by atoms with van der Waals surface area (Å²) in [5, 5.41) is 3.96. The Kier molecular flexibility index (Phi) is 8.86. The predicted octanol–water partition coefficient (Wildman–Crippen LogP) is 6.36. The highest BCUT2D eigenvalue weighted by molar-refractivity contribution is 5.82. The van der Waals surface area contributed by atoms with Gasteiger partial charge in [0.05, 0.1) is 26.4 Å². The van der Waals surface area contributed by atoms with Gasteiger partial charge in [-0.2, -0.15) is 0 Å². The Bertz CT molecular complexity index is 1240. The summed E-state index contributed by atoms with van der Waals surface area (Å²) in [4.78, 5) is 29.1. The molecule has 0 saturated carbocycles. The van der Waals surface area contributed by atoms with E-state index >= 15 is 0 Å². The first-order chi connectivity index (χ1) is 18.2. The highest BCUT2D eigenvalue weighted by Gasteiger charge is 2.34. The molecular formula is C30H35NO7. The Hall–Kier alpha value is -3.62. The molecule has 2 atom stereocenters. The summed E-state index contributed by atoms with van der Waals surface area (Å²) < 4.78 is 21.4. The number of nitrogens with zero attached hydrogens (tertiary/aromatic N) is 1. The second-order valence-corrected chi connectivity index (χ2v) is 10.4. The standard InChI is InChI=1S/C30H35NO7/c1-30(2,3)37-29(33)38-31-16-15-26(24-13-9-21(10-14-24)19-36-28(32)34-4)27(18-31)35-20-22-11-12-23-7-5-6-8-25(23)17-22/h5-14,17,26-27H,15-16,18-20H2,1-4H3. The SMILES string of the molecule is COC(=O)OCc1ccc(C2CCN(OC(=O)OC(C)(C)C)CC2OCc2ccc3ccccc3c2)cc1. The first-order valence-electron chi connectivity index (χ1n) is 12.7. The number of benzene rings is 3. The lowest BCUT2D eigenvalue weighted by Crippen LogP contribution is -2.45. The molecule has 2 unspecified atom stereocenters. The van der Waals surface area contributed by atoms with Crippen molar-refractivity contribution in [3.05, 3.63) is 83.4 Å². The van der Waals surface area contributed by atoms with Crippen LogP contribution < -0.4 is 0 Å². The summed E-state index contributed by atoms with van der Waals surface area (Å²) in [7, 11) is 1.28. The maximum atomic E-state index is 12.3. The van der Waals surface area contributed by atoms with Gasteiger partial charge in [-0.15, -0.1) is 5.06 Å². The quantitative estimate of drug-likeness (QED) is 0.332. The predicted molar refractivity (Wildman–Crippen MR) is 142 cm³/mol. The van der Waals surface area contributed by atoms with Gasteiger partial charge in [0.25, 0.3) is 0 Å². The molecule has 0 N–H and O–H groups in total. The van der Waals surface area contributed by atoms with Crippen LogP contribution in [-0.4, -0.2) is 49.3 Å². The number of fused-ring (bicyclic) bond motifs is 1. The molecule has 1 aliphatic rings. The average molecular weight is 522 g/mol. The van der Waals surface area contributed by atoms with Gasteiger partial charge in [0.2, 0.25) is 0 Å². The lowest BCUT2D eigenvalue weighted by Gasteiger charge is -2.37. The normalized spacial score (nSPS) is 18.1. The van der Waals surface area contributed by atoms with Crippen LogP contribution in [-0.2, 0) is 37.0 Å². The van der Waals surface area contributed by atoms with E-state index in [0.29, 0.717) is 19.7 Å². The molecule has 4 rings (SSSR count). The second-order valence-electron chi connectivity index (χ2n) is 10.4. The van der Waals surface area contributed by atoms with E-state index < -0.39 is 17.9 Å². The fourth-order valence-electron chi connectivity index (χ4n) is 4.49. The summed E-state index contributed by atoms with van der Waals surface area (Å²) in [5.74, 6) is 0.0875. The largest absolute Gasteiger partial charge is 0.528 e. The number of ether oxygens (including phenoxy) is 4. The molecule has 1 aliphatic heterocycles. The van der Waals surface area contributed by atoms with Gasteiger partial charge in [-0.05, 0) is 60.7 Å². The van der Waals surface area contributed by atoms with E-state index in [4.69, 9.17) is 19.0 Å². The van der Waals surface area contributed by atoms with Crippen molar-refractivity contribution in [2.75, 3.05) is 20.2 Å². The lowest BCUT2D eigenvalue weighted by atomic mass is 9.87. The zero-order chi connectivity index (χ0) is 27.1. The molecule has 3 aromatic rings. The Morgan fingerprint density at radius 2 is 1.61 bits per heavy atom. The summed E-state index contributed by atoms with van der Waals surface area (Å²) in [5.41, 5.74) is 2.40. The first kappa shape index (κ1) is 27.4. The van der Waals surface area contributed by atoms with Crippen molar-refractivity contribution in [1.82, 2.24) is 5.06 Å². The van der Waals surface area contributed by atoms with E-state index in [1.807, 2.05) is 36.4 Å². The molecule has 0 amide bonds. The van der Waals surface area contributed by atoms with Crippen LogP contribution >= 0.6 is 0 Å². The average Bonchev–Trinajstić information content (AvgIpc) is 2.89. The minimum absolute atomic E-state index is 0.0875. The van der Waals surface area contributed by atoms with Crippen molar-refractivity contribution < 1.29 is 33.4 Å². The minimum Gasteiger partial charge on any atom is -0.438 e. The van der Waals surface area contributed by atoms with Gasteiger partial charge >= 0.3 is 12.3 Å². The number of rotatable bonds is 7. The van der Waals surface area contributed by atoms with Gasteiger partial charge < -0.3 is 23.8 Å². The number of carbonyl (C=O) groups is 2. The summed E-state index contributed by atoms with van der Waals surface area (Å²) in [6.07, 6.45) is -0.939. The number of carbonyl (C=O) groups excluding carboxylic acids is 2. The van der Waals surface area contributed by atoms with Crippen LogP contribution in [0, 0.1) is 0 Å². The second kappa shape index (κ2) is 12.3. The fraction of sp³-hybridized carbons (Fsp3) is 0.400. The first-order valence-corrected chi connectivity index (χ1v) is 12.7. The third-order valence-corrected chi connectivity index (χ3v) is 6.32. The van der Waals surface area contributed by atoms with E-state index in [1.54, 1.807) is 25.8 Å². The Balaban J connectivity index is 1.46. The van der Waals surface area contributed by atoms with Crippen molar-refractivity contribution in [2.24, 2.45) is 0 Å². The number of hydroxylamine groups is 2. The van der Waals surface area contributed by atoms with Gasteiger partial charge in [0.1, 0.15) is 12.2 Å². The summed E-state index contributed by atoms with van der Waals surface area (Å²) >= 11 is 0. The lowest BCUT2D eigenvalue weighted by molar-refractivity contribution is -0.179. The minimum atomic E-state index is -0.723. The molecule has 3 aromatic carbocycles. The van der Waals surface area contributed by atoms with Crippen LogP contribution in [0.1, 0.15) is 49.8 Å². The van der Waals surface area contributed by atoms with E-state index in [2.05, 4.69) is 35.1 Å². The van der Waals surface area contributed by atoms with Crippen LogP contribution in [0.3, 0.4) is 0 Å². The Morgan fingerprint density at radius 3 is 2.32 bits per heavy atom. The smallest absolute Gasteiger partial charge is 0.438 e. The van der Waals surface area contributed by atoms with Gasteiger partial charge in [0, 0.05) is 12.5 Å². The highest BCUT2D eigenvalue weighted by Crippen LogP contribution is 2.32. The van der Waals surface area contributed by atoms with Gasteiger partial charge in [-0.25, -0.2) is 9.59 Å². The van der Waals surface area contributed by atoms with Crippen LogP contribution in [0.2, 0.25) is 0 Å². The van der Waals surface area contributed by atoms with Crippen molar-refractivity contribution in [2.45, 2.75) is 58.0 Å². The van der Waals surface area contributed by atoms with E-state index in [9.17, 15) is 9.59 Å². The van der Waals surface area contributed by atoms with Crippen LogP contribution in [0.4, 0.5) is 9.59 Å². The molecular weight excluding hydrogens is 486 g/mol. The van der Waals surface area contributed by atoms with Crippen molar-refractivity contribution in [3.8, 4) is 0 Å². The highest BCUT2D eigenvalue weighted by atomic mass is 16.8. The molecule has 1 heterocycles. The zero-order valence-corrected chi connectivity index (χ0v) is 22.3. The van der Waals surface area contributed by atoms with Crippen LogP contribution in [0.15, 0.2) is 66.7 Å². The van der Waals surface area contributed by atoms with Crippen molar-refractivity contribution >= 4 is 23.1 Å². The molecule has 8 nitrogen and oxygen atoms in total. The molecule has 0 aromatic heterocycles. The number of piperidine rings is 1. The number of hydrogen-bond donors (Lipinski definition) is 0. The number of hydrogen-bond acceptors (Lipinski definition) is 8. The number of methoxy groups -OCH3 is 1. The molecule has 8 heteroatoms. The molecule has 0 spiro atoms. The van der Waals surface area contributed by atoms with Gasteiger partial charge in [-0.3, -0.25) is 0 Å². The van der Waals surface area contributed by atoms with Crippen molar-refractivity contribution in [1.29, 1.82) is 0 Å². The summed E-state index contributed by atoms with van der Waals surface area (Å²) in [6, 6.07) is 22.4. The molecule has 202 valence electrons. The van der Waals surface area contributed by atoms with Crippen molar-refractivity contribution in [3.63, 3.8) is 0 Å². The topological polar surface area (TPSA) is 83.5 Å². The maximum Gasteiger partial charge on any atom is 0.528 e. The zero-order valence-electron chi connectivity index (χ0n) is 22.3. The summed E-state index contributed by atoms with van der Waals surface area (Å²) in [6.45, 7) is 6.92. The molecule has 0 radical (unpaired) electrons.